The zero-order valence-electron chi connectivity index (χ0n) is 9.60. The van der Waals surface area contributed by atoms with Crippen LogP contribution in [0.5, 0.6) is 0 Å². The van der Waals surface area contributed by atoms with Crippen LogP contribution < -0.4 is 5.32 Å². The molecule has 0 saturated carbocycles. The van der Waals surface area contributed by atoms with Gasteiger partial charge >= 0.3 is 0 Å². The van der Waals surface area contributed by atoms with Gasteiger partial charge in [0.15, 0.2) is 0 Å². The van der Waals surface area contributed by atoms with Gasteiger partial charge in [0.1, 0.15) is 0 Å². The van der Waals surface area contributed by atoms with E-state index in [2.05, 4.69) is 5.32 Å². The van der Waals surface area contributed by atoms with E-state index in [9.17, 15) is 8.42 Å². The third-order valence-corrected chi connectivity index (χ3v) is 6.13. The van der Waals surface area contributed by atoms with Crippen molar-refractivity contribution < 1.29 is 8.42 Å². The average molecular weight is 232 g/mol. The van der Waals surface area contributed by atoms with Crippen LogP contribution in [0.25, 0.3) is 0 Å². The molecule has 0 radical (unpaired) electrons. The molecule has 2 aliphatic rings. The summed E-state index contributed by atoms with van der Waals surface area (Å²) in [6.45, 7) is 8.20. The quantitative estimate of drug-likeness (QED) is 0.743. The lowest BCUT2D eigenvalue weighted by Gasteiger charge is -2.25. The van der Waals surface area contributed by atoms with Gasteiger partial charge in [-0.3, -0.25) is 0 Å². The first-order valence-electron chi connectivity index (χ1n) is 5.66. The Morgan fingerprint density at radius 2 is 2.00 bits per heavy atom. The minimum Gasteiger partial charge on any atom is -0.316 e. The van der Waals surface area contributed by atoms with Crippen molar-refractivity contribution in [2.45, 2.75) is 32.1 Å². The van der Waals surface area contributed by atoms with E-state index in [0.29, 0.717) is 18.4 Å². The number of nitrogens with zero attached hydrogens (tertiary/aromatic N) is 1. The summed E-state index contributed by atoms with van der Waals surface area (Å²) in [5.74, 6) is 1.03. The highest BCUT2D eigenvalue weighted by Crippen LogP contribution is 2.34. The van der Waals surface area contributed by atoms with Crippen LogP contribution in [0.15, 0.2) is 0 Å². The second-order valence-corrected chi connectivity index (χ2v) is 7.43. The summed E-state index contributed by atoms with van der Waals surface area (Å²) in [7, 11) is -3.06. The number of sulfonamides is 1. The molecular formula is C10H20N2O2S. The maximum Gasteiger partial charge on any atom is 0.216 e. The molecular weight excluding hydrogens is 212 g/mol. The van der Waals surface area contributed by atoms with Crippen LogP contribution in [0.2, 0.25) is 0 Å². The molecule has 88 valence electrons. The van der Waals surface area contributed by atoms with Crippen LogP contribution in [-0.4, -0.2) is 43.6 Å². The Balaban J connectivity index is 2.20. The summed E-state index contributed by atoms with van der Waals surface area (Å²) in [5, 5.41) is 3.04. The van der Waals surface area contributed by atoms with E-state index in [1.807, 2.05) is 6.92 Å². The predicted molar refractivity (Wildman–Crippen MR) is 60.1 cm³/mol. The fraction of sp³-hybridized carbons (Fsp3) is 1.00. The third-order valence-electron chi connectivity index (χ3n) is 3.80. The molecule has 0 spiro atoms. The van der Waals surface area contributed by atoms with Crippen molar-refractivity contribution in [3.05, 3.63) is 0 Å². The standard InChI is InChI=1S/C10H20N2O2S/c1-7(2)15(13,14)12-6-9-4-11-5-10(9)8(12)3/h7-11H,4-6H2,1-3H3. The Labute approximate surface area is 92.1 Å². The van der Waals surface area contributed by atoms with Crippen LogP contribution in [0.3, 0.4) is 0 Å². The highest BCUT2D eigenvalue weighted by Gasteiger charge is 2.46. The first kappa shape index (κ1) is 11.4. The third kappa shape index (κ3) is 1.70. The first-order chi connectivity index (χ1) is 6.94. The van der Waals surface area contributed by atoms with E-state index in [-0.39, 0.29) is 11.3 Å². The van der Waals surface area contributed by atoms with Crippen molar-refractivity contribution in [3.8, 4) is 0 Å². The van der Waals surface area contributed by atoms with Gasteiger partial charge in [-0.25, -0.2) is 8.42 Å². The highest BCUT2D eigenvalue weighted by molar-refractivity contribution is 7.89. The van der Waals surface area contributed by atoms with E-state index in [1.54, 1.807) is 18.2 Å². The molecule has 0 aromatic rings. The average Bonchev–Trinajstić information content (AvgIpc) is 2.69. The van der Waals surface area contributed by atoms with Gasteiger partial charge in [0.25, 0.3) is 0 Å². The van der Waals surface area contributed by atoms with E-state index < -0.39 is 10.0 Å². The number of nitrogens with one attached hydrogen (secondary N) is 1. The number of rotatable bonds is 2. The molecule has 3 atom stereocenters. The van der Waals surface area contributed by atoms with Crippen molar-refractivity contribution in [1.82, 2.24) is 9.62 Å². The van der Waals surface area contributed by atoms with Crippen molar-refractivity contribution in [2.24, 2.45) is 11.8 Å². The van der Waals surface area contributed by atoms with Crippen molar-refractivity contribution in [2.75, 3.05) is 19.6 Å². The van der Waals surface area contributed by atoms with E-state index in [1.165, 1.54) is 0 Å². The largest absolute Gasteiger partial charge is 0.316 e. The van der Waals surface area contributed by atoms with Crippen LogP contribution in [0.4, 0.5) is 0 Å². The van der Waals surface area contributed by atoms with E-state index >= 15 is 0 Å². The Hall–Kier alpha value is -0.130. The SMILES string of the molecule is CC1C2CNCC2CN1S(=O)(=O)C(C)C. The molecule has 2 rings (SSSR count). The summed E-state index contributed by atoms with van der Waals surface area (Å²) < 4.78 is 25.9. The van der Waals surface area contributed by atoms with Gasteiger partial charge in [-0.2, -0.15) is 4.31 Å². The lowest BCUT2D eigenvalue weighted by molar-refractivity contribution is 0.357. The summed E-state index contributed by atoms with van der Waals surface area (Å²) in [6, 6.07) is 0.164. The first-order valence-corrected chi connectivity index (χ1v) is 7.16. The molecule has 2 fully saturated rings. The minimum absolute atomic E-state index is 0.164. The maximum absolute atomic E-state index is 12.1. The van der Waals surface area contributed by atoms with E-state index in [4.69, 9.17) is 0 Å². The van der Waals surface area contributed by atoms with Gasteiger partial charge in [-0.15, -0.1) is 0 Å². The molecule has 5 heteroatoms. The molecule has 0 amide bonds. The monoisotopic (exact) mass is 232 g/mol. The van der Waals surface area contributed by atoms with Crippen LogP contribution in [0.1, 0.15) is 20.8 Å². The second-order valence-electron chi connectivity index (χ2n) is 4.99. The molecule has 2 aliphatic heterocycles. The predicted octanol–water partition coefficient (Wildman–Crippen LogP) is 0.264. The lowest BCUT2D eigenvalue weighted by atomic mass is 9.95. The Bertz CT molecular complexity index is 339. The molecule has 3 unspecified atom stereocenters. The molecule has 15 heavy (non-hydrogen) atoms. The normalized spacial score (nSPS) is 37.5. The van der Waals surface area contributed by atoms with Gasteiger partial charge in [-0.1, -0.05) is 0 Å². The summed E-state index contributed by atoms with van der Waals surface area (Å²) in [4.78, 5) is 0. The fourth-order valence-electron chi connectivity index (χ4n) is 2.74. The molecule has 0 aromatic carbocycles. The number of hydrogen-bond donors (Lipinski definition) is 1. The Kier molecular flexibility index (Phi) is 2.81. The fourth-order valence-corrected chi connectivity index (χ4v) is 4.30. The Morgan fingerprint density at radius 3 is 2.53 bits per heavy atom. The number of fused-ring (bicyclic) bond motifs is 1. The molecule has 0 bridgehead atoms. The van der Waals surface area contributed by atoms with Gasteiger partial charge in [0.2, 0.25) is 10.0 Å². The van der Waals surface area contributed by atoms with Crippen LogP contribution in [0, 0.1) is 11.8 Å². The molecule has 2 saturated heterocycles. The van der Waals surface area contributed by atoms with Gasteiger partial charge in [0.05, 0.1) is 5.25 Å². The van der Waals surface area contributed by atoms with Gasteiger partial charge in [-0.05, 0) is 45.7 Å². The second kappa shape index (κ2) is 3.71. The zero-order valence-corrected chi connectivity index (χ0v) is 10.4. The van der Waals surface area contributed by atoms with Crippen molar-refractivity contribution >= 4 is 10.0 Å². The molecule has 1 N–H and O–H groups in total. The van der Waals surface area contributed by atoms with Gasteiger partial charge in [0, 0.05) is 12.6 Å². The minimum atomic E-state index is -3.06. The van der Waals surface area contributed by atoms with Crippen molar-refractivity contribution in [3.63, 3.8) is 0 Å². The summed E-state index contributed by atoms with van der Waals surface area (Å²) in [5.41, 5.74) is 0. The molecule has 0 aliphatic carbocycles. The van der Waals surface area contributed by atoms with Gasteiger partial charge < -0.3 is 5.32 Å². The summed E-state index contributed by atoms with van der Waals surface area (Å²) in [6.07, 6.45) is 0. The number of hydrogen-bond acceptors (Lipinski definition) is 3. The topological polar surface area (TPSA) is 49.4 Å². The maximum atomic E-state index is 12.1. The zero-order chi connectivity index (χ0) is 11.2. The highest BCUT2D eigenvalue weighted by atomic mass is 32.2. The summed E-state index contributed by atoms with van der Waals surface area (Å²) >= 11 is 0. The molecule has 0 aromatic heterocycles. The van der Waals surface area contributed by atoms with Crippen LogP contribution >= 0.6 is 0 Å². The smallest absolute Gasteiger partial charge is 0.216 e. The molecule has 2 heterocycles. The van der Waals surface area contributed by atoms with E-state index in [0.717, 1.165) is 13.1 Å². The Morgan fingerprint density at radius 1 is 1.33 bits per heavy atom. The van der Waals surface area contributed by atoms with Crippen molar-refractivity contribution in [1.29, 1.82) is 0 Å². The lowest BCUT2D eigenvalue weighted by Crippen LogP contribution is -2.41. The molecule has 4 nitrogen and oxygen atoms in total. The van der Waals surface area contributed by atoms with Crippen LogP contribution in [-0.2, 0) is 10.0 Å².